The second-order valence-corrected chi connectivity index (χ2v) is 10.6. The monoisotopic (exact) mass is 632 g/mol. The predicted molar refractivity (Wildman–Crippen MR) is 159 cm³/mol. The van der Waals surface area contributed by atoms with Gasteiger partial charge in [0, 0.05) is 19.1 Å². The summed E-state index contributed by atoms with van der Waals surface area (Å²) in [5.41, 5.74) is -0.143. The maximum absolute atomic E-state index is 12.8. The van der Waals surface area contributed by atoms with Crippen molar-refractivity contribution in [2.24, 2.45) is 11.3 Å². The second-order valence-electron chi connectivity index (χ2n) is 10.6. The fourth-order valence-corrected chi connectivity index (χ4v) is 5.95. The van der Waals surface area contributed by atoms with E-state index >= 15 is 0 Å². The Morgan fingerprint density at radius 3 is 1.91 bits per heavy atom. The molecule has 2 aromatic rings. The van der Waals surface area contributed by atoms with Gasteiger partial charge in [-0.3, -0.25) is 4.79 Å². The molecule has 1 spiro atoms. The number of rotatable bonds is 14. The Balaban J connectivity index is 1.82. The number of hydrogen-bond donors (Lipinski definition) is 5. The van der Waals surface area contributed by atoms with Crippen LogP contribution in [0.5, 0.6) is 34.5 Å². The molecule has 2 aliphatic rings. The first kappa shape index (κ1) is 33.9. The van der Waals surface area contributed by atoms with Gasteiger partial charge in [0.1, 0.15) is 6.10 Å². The van der Waals surface area contributed by atoms with Gasteiger partial charge in [-0.25, -0.2) is 0 Å². The summed E-state index contributed by atoms with van der Waals surface area (Å²) in [5.74, 6) is -0.969. The number of carbonyl (C=O) groups is 1. The molecule has 2 aromatic carbocycles. The maximum Gasteiger partial charge on any atom is 0.261 e. The van der Waals surface area contributed by atoms with E-state index in [-0.39, 0.29) is 52.6 Å². The zero-order chi connectivity index (χ0) is 32.9. The lowest BCUT2D eigenvalue weighted by molar-refractivity contribution is -0.119. The van der Waals surface area contributed by atoms with Crippen molar-refractivity contribution in [1.82, 2.24) is 0 Å². The highest BCUT2D eigenvalue weighted by atomic mass is 16.6. The number of aryl methyl sites for hydroxylation is 1. The molecular formula is C32H40O13. The number of phenols is 1. The van der Waals surface area contributed by atoms with E-state index < -0.39 is 48.6 Å². The van der Waals surface area contributed by atoms with E-state index in [4.69, 9.17) is 33.2 Å². The van der Waals surface area contributed by atoms with Crippen molar-refractivity contribution in [1.29, 1.82) is 0 Å². The van der Waals surface area contributed by atoms with Gasteiger partial charge in [-0.1, -0.05) is 0 Å². The average molecular weight is 633 g/mol. The molecule has 4 atom stereocenters. The number of aliphatic hydroxyl groups is 4. The van der Waals surface area contributed by atoms with Gasteiger partial charge in [-0.15, -0.1) is 0 Å². The summed E-state index contributed by atoms with van der Waals surface area (Å²) in [6, 6.07) is 6.41. The van der Waals surface area contributed by atoms with Crippen LogP contribution in [-0.2, 0) is 25.4 Å². The quantitative estimate of drug-likeness (QED) is 0.204. The lowest BCUT2D eigenvalue weighted by Crippen LogP contribution is -2.45. The molecule has 1 heterocycles. The lowest BCUT2D eigenvalue weighted by Gasteiger charge is -2.37. The Morgan fingerprint density at radius 1 is 0.844 bits per heavy atom. The van der Waals surface area contributed by atoms with Gasteiger partial charge >= 0.3 is 0 Å². The summed E-state index contributed by atoms with van der Waals surface area (Å²) >= 11 is 0. The van der Waals surface area contributed by atoms with E-state index in [1.807, 2.05) is 0 Å². The van der Waals surface area contributed by atoms with Gasteiger partial charge in [0.05, 0.1) is 59.8 Å². The number of ether oxygens (including phenoxy) is 7. The molecule has 13 nitrogen and oxygen atoms in total. The molecule has 45 heavy (non-hydrogen) atoms. The number of Topliss-reactive ketones (excluding diaryl/α,β-unsaturated/α-hetero) is 1. The number of methoxy groups -OCH3 is 5. The van der Waals surface area contributed by atoms with Crippen LogP contribution in [0.3, 0.4) is 0 Å². The first-order valence-corrected chi connectivity index (χ1v) is 14.2. The largest absolute Gasteiger partial charge is 0.504 e. The number of hydrogen-bond acceptors (Lipinski definition) is 13. The standard InChI is InChI=1S/C32H40O13/c1-39-22-10-17(7-6-8-33)9-20(36)29(22)44-30-23(40-2)11-18(12-24(30)41-3)28-19(15-34)32(31(45-28)21(37)16-35)13-25(42-4)27(38)26(14-32)43-5/h9-14,19,21,28,31,33-37H,6-8,15-16H2,1-5H3/t19-,21?,28-,31+/m1/s1. The van der Waals surface area contributed by atoms with Crippen LogP contribution in [0.25, 0.3) is 0 Å². The van der Waals surface area contributed by atoms with E-state index in [9.17, 15) is 30.3 Å². The van der Waals surface area contributed by atoms with E-state index in [2.05, 4.69) is 0 Å². The van der Waals surface area contributed by atoms with Crippen molar-refractivity contribution < 1.29 is 63.5 Å². The highest BCUT2D eigenvalue weighted by Crippen LogP contribution is 2.57. The molecule has 5 N–H and O–H groups in total. The third-order valence-electron chi connectivity index (χ3n) is 8.13. The van der Waals surface area contributed by atoms with E-state index in [1.165, 1.54) is 53.8 Å². The highest BCUT2D eigenvalue weighted by molar-refractivity contribution is 6.06. The Bertz CT molecular complexity index is 1380. The van der Waals surface area contributed by atoms with Crippen molar-refractivity contribution in [2.45, 2.75) is 31.2 Å². The van der Waals surface area contributed by atoms with Crippen LogP contribution in [0.1, 0.15) is 23.7 Å². The Morgan fingerprint density at radius 2 is 1.42 bits per heavy atom. The van der Waals surface area contributed by atoms with E-state index in [0.29, 0.717) is 18.4 Å². The van der Waals surface area contributed by atoms with Crippen LogP contribution >= 0.6 is 0 Å². The van der Waals surface area contributed by atoms with Gasteiger partial charge in [-0.2, -0.15) is 0 Å². The van der Waals surface area contributed by atoms with Crippen LogP contribution in [0, 0.1) is 11.3 Å². The van der Waals surface area contributed by atoms with Crippen LogP contribution in [0.15, 0.2) is 47.9 Å². The Hall–Kier alpha value is -4.01. The predicted octanol–water partition coefficient (Wildman–Crippen LogP) is 2.17. The molecular weight excluding hydrogens is 592 g/mol. The van der Waals surface area contributed by atoms with Crippen molar-refractivity contribution >= 4 is 5.78 Å². The van der Waals surface area contributed by atoms with Gasteiger partial charge in [0.25, 0.3) is 5.78 Å². The Kier molecular flexibility index (Phi) is 10.8. The molecule has 1 aliphatic heterocycles. The van der Waals surface area contributed by atoms with Crippen molar-refractivity contribution in [3.8, 4) is 34.5 Å². The van der Waals surface area contributed by atoms with Gasteiger partial charge < -0.3 is 58.7 Å². The topological polar surface area (TPSA) is 183 Å². The molecule has 1 saturated heterocycles. The summed E-state index contributed by atoms with van der Waals surface area (Å²) < 4.78 is 40.0. The fraction of sp³-hybridized carbons (Fsp3) is 0.469. The van der Waals surface area contributed by atoms with Crippen molar-refractivity contribution in [2.75, 3.05) is 55.4 Å². The third kappa shape index (κ3) is 6.26. The minimum atomic E-state index is -1.41. The summed E-state index contributed by atoms with van der Waals surface area (Å²) in [6.45, 7) is -1.14. The number of carbonyl (C=O) groups excluding carboxylic acids is 1. The fourth-order valence-electron chi connectivity index (χ4n) is 5.95. The molecule has 1 aliphatic carbocycles. The second kappa shape index (κ2) is 14.4. The molecule has 246 valence electrons. The molecule has 0 saturated carbocycles. The third-order valence-corrected chi connectivity index (χ3v) is 8.13. The molecule has 0 amide bonds. The number of aromatic hydroxyl groups is 1. The van der Waals surface area contributed by atoms with Crippen molar-refractivity contribution in [3.63, 3.8) is 0 Å². The van der Waals surface area contributed by atoms with Gasteiger partial charge in [0.2, 0.25) is 11.5 Å². The molecule has 13 heteroatoms. The smallest absolute Gasteiger partial charge is 0.261 e. The Labute approximate surface area is 260 Å². The summed E-state index contributed by atoms with van der Waals surface area (Å²) in [6.07, 6.45) is 0.502. The van der Waals surface area contributed by atoms with Gasteiger partial charge in [-0.05, 0) is 60.4 Å². The molecule has 0 bridgehead atoms. The molecule has 1 unspecified atom stereocenters. The first-order chi connectivity index (χ1) is 21.7. The zero-order valence-corrected chi connectivity index (χ0v) is 25.8. The summed E-state index contributed by atoms with van der Waals surface area (Å²) in [4.78, 5) is 12.8. The highest BCUT2D eigenvalue weighted by Gasteiger charge is 2.59. The summed E-state index contributed by atoms with van der Waals surface area (Å²) in [7, 11) is 6.89. The average Bonchev–Trinajstić information content (AvgIpc) is 3.37. The van der Waals surface area contributed by atoms with E-state index in [0.717, 1.165) is 5.56 Å². The van der Waals surface area contributed by atoms with Crippen LogP contribution in [0.2, 0.25) is 0 Å². The minimum absolute atomic E-state index is 0.00344. The molecule has 0 aromatic heterocycles. The molecule has 0 radical (unpaired) electrons. The lowest BCUT2D eigenvalue weighted by atomic mass is 9.67. The van der Waals surface area contributed by atoms with Crippen LogP contribution in [-0.4, -0.2) is 98.9 Å². The number of ketones is 1. The minimum Gasteiger partial charge on any atom is -0.504 e. The zero-order valence-electron chi connectivity index (χ0n) is 25.8. The normalized spacial score (nSPS) is 21.2. The molecule has 1 fully saturated rings. The number of aliphatic hydroxyl groups excluding tert-OH is 4. The van der Waals surface area contributed by atoms with E-state index in [1.54, 1.807) is 18.2 Å². The SMILES string of the molecule is COC1=CC2(C=C(OC)C1=O)[C@H](CO)[C@@H](c1cc(OC)c(Oc3c(O)cc(CCCO)cc3OC)c(OC)c1)O[C@H]2C(O)CO. The van der Waals surface area contributed by atoms with Gasteiger partial charge in [0.15, 0.2) is 34.5 Å². The van der Waals surface area contributed by atoms with Crippen LogP contribution < -0.4 is 18.9 Å². The summed E-state index contributed by atoms with van der Waals surface area (Å²) in [5, 5.41) is 51.6. The number of benzene rings is 2. The van der Waals surface area contributed by atoms with Crippen LogP contribution in [0.4, 0.5) is 0 Å². The first-order valence-electron chi connectivity index (χ1n) is 14.2. The maximum atomic E-state index is 12.8. The van der Waals surface area contributed by atoms with Crippen molar-refractivity contribution in [3.05, 3.63) is 59.1 Å². The molecule has 4 rings (SSSR count). The number of phenolic OH excluding ortho intramolecular Hbond substituents is 1.